The molecule has 1 aromatic carbocycles. The topological polar surface area (TPSA) is 51.5 Å². The second-order valence-electron chi connectivity index (χ2n) is 4.56. The summed E-state index contributed by atoms with van der Waals surface area (Å²) in [4.78, 5) is 12.3. The number of carbonyl (C=O) groups excluding carboxylic acids is 1. The average Bonchev–Trinajstić information content (AvgIpc) is 2.91. The summed E-state index contributed by atoms with van der Waals surface area (Å²) >= 11 is 3.38. The number of hydrogen-bond donors (Lipinski definition) is 1. The molecule has 5 heteroatoms. The highest BCUT2D eigenvalue weighted by molar-refractivity contribution is 9.10. The van der Waals surface area contributed by atoms with Crippen LogP contribution in [0.5, 0.6) is 5.75 Å². The predicted octanol–water partition coefficient (Wildman–Crippen LogP) is 3.41. The first-order chi connectivity index (χ1) is 9.60. The van der Waals surface area contributed by atoms with Crippen molar-refractivity contribution in [2.24, 2.45) is 0 Å². The van der Waals surface area contributed by atoms with Crippen LogP contribution >= 0.6 is 15.9 Å². The van der Waals surface area contributed by atoms with Crippen molar-refractivity contribution in [3.05, 3.63) is 52.4 Å². The quantitative estimate of drug-likeness (QED) is 0.909. The number of methoxy groups -OCH3 is 1. The van der Waals surface area contributed by atoms with Crippen LogP contribution in [0, 0.1) is 0 Å². The van der Waals surface area contributed by atoms with Gasteiger partial charge in [-0.1, -0.05) is 0 Å². The monoisotopic (exact) mass is 337 g/mol. The third kappa shape index (κ3) is 3.63. The molecular weight excluding hydrogens is 322 g/mol. The van der Waals surface area contributed by atoms with E-state index in [1.165, 1.54) is 0 Å². The van der Waals surface area contributed by atoms with Gasteiger partial charge in [0.05, 0.1) is 25.2 Å². The molecule has 106 valence electrons. The minimum atomic E-state index is -0.133. The highest BCUT2D eigenvalue weighted by Crippen LogP contribution is 2.22. The minimum Gasteiger partial charge on any atom is -0.497 e. The largest absolute Gasteiger partial charge is 0.497 e. The molecule has 4 nitrogen and oxygen atoms in total. The van der Waals surface area contributed by atoms with Gasteiger partial charge in [-0.05, 0) is 59.1 Å². The molecule has 1 unspecified atom stereocenters. The van der Waals surface area contributed by atoms with Gasteiger partial charge in [0.2, 0.25) is 0 Å². The van der Waals surface area contributed by atoms with E-state index in [4.69, 9.17) is 9.15 Å². The molecule has 0 saturated carbocycles. The van der Waals surface area contributed by atoms with Gasteiger partial charge in [0.1, 0.15) is 5.75 Å². The van der Waals surface area contributed by atoms with E-state index in [-0.39, 0.29) is 11.9 Å². The summed E-state index contributed by atoms with van der Waals surface area (Å²) in [7, 11) is 1.58. The summed E-state index contributed by atoms with van der Waals surface area (Å²) in [6, 6.07) is 7.22. The van der Waals surface area contributed by atoms with Gasteiger partial charge in [-0.2, -0.15) is 0 Å². The molecule has 0 radical (unpaired) electrons. The summed E-state index contributed by atoms with van der Waals surface area (Å²) in [5.74, 6) is 0.521. The number of carbonyl (C=O) groups is 1. The van der Waals surface area contributed by atoms with Crippen molar-refractivity contribution in [1.82, 2.24) is 5.32 Å². The Balaban J connectivity index is 2.04. The summed E-state index contributed by atoms with van der Waals surface area (Å²) in [6.45, 7) is 1.96. The molecular formula is C15H16BrNO3. The highest BCUT2D eigenvalue weighted by atomic mass is 79.9. The SMILES string of the molecule is COc1ccc(Br)c(C(=O)NC(C)Cc2ccoc2)c1. The number of benzene rings is 1. The molecule has 0 aliphatic rings. The molecule has 1 N–H and O–H groups in total. The van der Waals surface area contributed by atoms with E-state index < -0.39 is 0 Å². The zero-order valence-electron chi connectivity index (χ0n) is 11.4. The molecule has 1 heterocycles. The van der Waals surface area contributed by atoms with Crippen LogP contribution in [0.1, 0.15) is 22.8 Å². The number of rotatable bonds is 5. The van der Waals surface area contributed by atoms with Gasteiger partial charge in [0.15, 0.2) is 0 Å². The van der Waals surface area contributed by atoms with Crippen LogP contribution < -0.4 is 10.1 Å². The van der Waals surface area contributed by atoms with Gasteiger partial charge < -0.3 is 14.5 Å². The molecule has 0 fully saturated rings. The minimum absolute atomic E-state index is 0.0122. The van der Waals surface area contributed by atoms with Crippen LogP contribution in [0.15, 0.2) is 45.7 Å². The van der Waals surface area contributed by atoms with Gasteiger partial charge >= 0.3 is 0 Å². The van der Waals surface area contributed by atoms with E-state index in [0.29, 0.717) is 11.3 Å². The maximum absolute atomic E-state index is 12.3. The number of hydrogen-bond acceptors (Lipinski definition) is 3. The van der Waals surface area contributed by atoms with E-state index in [2.05, 4.69) is 21.2 Å². The maximum atomic E-state index is 12.3. The second-order valence-corrected chi connectivity index (χ2v) is 5.41. The van der Waals surface area contributed by atoms with E-state index in [1.54, 1.807) is 37.8 Å². The fourth-order valence-electron chi connectivity index (χ4n) is 1.92. The Hall–Kier alpha value is -1.75. The van der Waals surface area contributed by atoms with Crippen molar-refractivity contribution in [3.63, 3.8) is 0 Å². The fourth-order valence-corrected chi connectivity index (χ4v) is 2.35. The van der Waals surface area contributed by atoms with Gasteiger partial charge in [0.25, 0.3) is 5.91 Å². The third-order valence-corrected chi connectivity index (χ3v) is 3.61. The van der Waals surface area contributed by atoms with Gasteiger partial charge in [-0.25, -0.2) is 0 Å². The number of amides is 1. The second kappa shape index (κ2) is 6.61. The van der Waals surface area contributed by atoms with Gasteiger partial charge in [-0.15, -0.1) is 0 Å². The summed E-state index contributed by atoms with van der Waals surface area (Å²) in [5, 5.41) is 2.96. The number of furan rings is 1. The van der Waals surface area contributed by atoms with Crippen molar-refractivity contribution < 1.29 is 13.9 Å². The maximum Gasteiger partial charge on any atom is 0.252 e. The number of nitrogens with one attached hydrogen (secondary N) is 1. The highest BCUT2D eigenvalue weighted by Gasteiger charge is 2.14. The van der Waals surface area contributed by atoms with E-state index >= 15 is 0 Å². The van der Waals surface area contributed by atoms with Crippen molar-refractivity contribution in [2.75, 3.05) is 7.11 Å². The molecule has 1 atom stereocenters. The lowest BCUT2D eigenvalue weighted by molar-refractivity contribution is 0.0939. The number of ether oxygens (including phenoxy) is 1. The van der Waals surface area contributed by atoms with Crippen molar-refractivity contribution in [3.8, 4) is 5.75 Å². The van der Waals surface area contributed by atoms with Crippen LogP contribution in [0.3, 0.4) is 0 Å². The zero-order chi connectivity index (χ0) is 14.5. The molecule has 0 saturated heterocycles. The van der Waals surface area contributed by atoms with Crippen molar-refractivity contribution in [1.29, 1.82) is 0 Å². The summed E-state index contributed by atoms with van der Waals surface area (Å²) in [5.41, 5.74) is 1.62. The van der Waals surface area contributed by atoms with Crippen LogP contribution in [0.2, 0.25) is 0 Å². The molecule has 2 rings (SSSR count). The van der Waals surface area contributed by atoms with Crippen LogP contribution in [0.4, 0.5) is 0 Å². The molecule has 1 aromatic heterocycles. The first kappa shape index (κ1) is 14.7. The number of halogens is 1. The lowest BCUT2D eigenvalue weighted by Crippen LogP contribution is -2.34. The smallest absolute Gasteiger partial charge is 0.252 e. The Bertz CT molecular complexity index is 581. The van der Waals surface area contributed by atoms with E-state index in [1.807, 2.05) is 13.0 Å². The predicted molar refractivity (Wildman–Crippen MR) is 80.0 cm³/mol. The molecule has 0 bridgehead atoms. The van der Waals surface area contributed by atoms with Gasteiger partial charge in [0, 0.05) is 10.5 Å². The van der Waals surface area contributed by atoms with E-state index in [9.17, 15) is 4.79 Å². The lowest BCUT2D eigenvalue weighted by Gasteiger charge is -2.14. The van der Waals surface area contributed by atoms with Crippen LogP contribution in [-0.4, -0.2) is 19.1 Å². The van der Waals surface area contributed by atoms with Crippen molar-refractivity contribution in [2.45, 2.75) is 19.4 Å². The molecule has 20 heavy (non-hydrogen) atoms. The Morgan fingerprint density at radius 1 is 1.45 bits per heavy atom. The third-order valence-electron chi connectivity index (χ3n) is 2.92. The lowest BCUT2D eigenvalue weighted by atomic mass is 10.1. The Morgan fingerprint density at radius 3 is 2.90 bits per heavy atom. The first-order valence-corrected chi connectivity index (χ1v) is 7.05. The summed E-state index contributed by atoms with van der Waals surface area (Å²) < 4.78 is 10.9. The Kier molecular flexibility index (Phi) is 4.84. The van der Waals surface area contributed by atoms with Crippen LogP contribution in [0.25, 0.3) is 0 Å². The molecule has 0 spiro atoms. The molecule has 0 aliphatic carbocycles. The fraction of sp³-hybridized carbons (Fsp3) is 0.267. The average molecular weight is 338 g/mol. The zero-order valence-corrected chi connectivity index (χ0v) is 12.9. The van der Waals surface area contributed by atoms with Gasteiger partial charge in [-0.3, -0.25) is 4.79 Å². The molecule has 0 aliphatic heterocycles. The normalized spacial score (nSPS) is 11.9. The Labute approximate surface area is 126 Å². The molecule has 2 aromatic rings. The van der Waals surface area contributed by atoms with E-state index in [0.717, 1.165) is 16.5 Å². The van der Waals surface area contributed by atoms with Crippen molar-refractivity contribution >= 4 is 21.8 Å². The summed E-state index contributed by atoms with van der Waals surface area (Å²) in [6.07, 6.45) is 4.04. The standard InChI is InChI=1S/C15H16BrNO3/c1-10(7-11-5-6-20-9-11)17-15(18)13-8-12(19-2)3-4-14(13)16/h3-6,8-10H,7H2,1-2H3,(H,17,18). The Morgan fingerprint density at radius 2 is 2.25 bits per heavy atom. The van der Waals surface area contributed by atoms with Crippen LogP contribution in [-0.2, 0) is 6.42 Å². The first-order valence-electron chi connectivity index (χ1n) is 6.25. The molecule has 1 amide bonds.